The second-order valence-electron chi connectivity index (χ2n) is 6.99. The number of amides is 1. The van der Waals surface area contributed by atoms with Crippen LogP contribution in [0.4, 0.5) is 5.69 Å². The number of benzene rings is 1. The summed E-state index contributed by atoms with van der Waals surface area (Å²) in [6.45, 7) is 3.43. The first kappa shape index (κ1) is 22.1. The fourth-order valence-electron chi connectivity index (χ4n) is 2.99. The molecule has 0 N–H and O–H groups in total. The number of hydrogen-bond donors (Lipinski definition) is 0. The topological polar surface area (TPSA) is 124 Å². The average molecular weight is 433 g/mol. The molecule has 1 aromatic rings. The van der Waals surface area contributed by atoms with E-state index in [4.69, 9.17) is 16.3 Å². The molecule has 1 aliphatic rings. The molecule has 11 heteroatoms. The van der Waals surface area contributed by atoms with Crippen molar-refractivity contribution in [1.82, 2.24) is 4.90 Å². The van der Waals surface area contributed by atoms with Gasteiger partial charge in [-0.15, -0.1) is 0 Å². The highest BCUT2D eigenvalue weighted by atomic mass is 35.5. The molecule has 0 saturated carbocycles. The van der Waals surface area contributed by atoms with Crippen molar-refractivity contribution < 1.29 is 27.7 Å². The zero-order valence-corrected chi connectivity index (χ0v) is 17.0. The van der Waals surface area contributed by atoms with Crippen molar-refractivity contribution in [2.45, 2.75) is 26.3 Å². The van der Waals surface area contributed by atoms with Gasteiger partial charge >= 0.3 is 5.97 Å². The number of sulfone groups is 1. The summed E-state index contributed by atoms with van der Waals surface area (Å²) in [7, 11) is -3.20. The maximum absolute atomic E-state index is 12.6. The third-order valence-electron chi connectivity index (χ3n) is 4.23. The summed E-state index contributed by atoms with van der Waals surface area (Å²) in [4.78, 5) is 36.6. The minimum atomic E-state index is -3.20. The van der Waals surface area contributed by atoms with E-state index in [2.05, 4.69) is 0 Å². The number of esters is 1. The Hall–Kier alpha value is -2.20. The standard InChI is InChI=1S/C17H21ClN2O7S/c1-11(2)8-19(13-5-6-28(25,26)10-13)16(21)9-27-17(22)14-7-12(18)3-4-15(14)20(23)24/h3-4,7,11,13H,5-6,8-10H2,1-2H3/t13-/m0/s1. The number of nitro groups is 1. The number of ether oxygens (including phenoxy) is 1. The minimum absolute atomic E-state index is 0.00797. The van der Waals surface area contributed by atoms with Gasteiger partial charge in [-0.2, -0.15) is 0 Å². The van der Waals surface area contributed by atoms with Crippen molar-refractivity contribution in [1.29, 1.82) is 0 Å². The molecule has 0 bridgehead atoms. The van der Waals surface area contributed by atoms with E-state index in [1.54, 1.807) is 0 Å². The Balaban J connectivity index is 2.11. The van der Waals surface area contributed by atoms with Crippen LogP contribution in [0.1, 0.15) is 30.6 Å². The van der Waals surface area contributed by atoms with Crippen molar-refractivity contribution in [2.75, 3.05) is 24.7 Å². The van der Waals surface area contributed by atoms with E-state index < -0.39 is 45.0 Å². The Kier molecular flexibility index (Phi) is 7.00. The average Bonchev–Trinajstić information content (AvgIpc) is 2.96. The SMILES string of the molecule is CC(C)CN(C(=O)COC(=O)c1cc(Cl)ccc1[N+](=O)[O-])[C@H]1CCS(=O)(=O)C1. The van der Waals surface area contributed by atoms with Gasteiger partial charge in [-0.25, -0.2) is 13.2 Å². The number of halogens is 1. The van der Waals surface area contributed by atoms with E-state index in [9.17, 15) is 28.1 Å². The quantitative estimate of drug-likeness (QED) is 0.367. The minimum Gasteiger partial charge on any atom is -0.452 e. The van der Waals surface area contributed by atoms with Gasteiger partial charge in [0.1, 0.15) is 5.56 Å². The lowest BCUT2D eigenvalue weighted by molar-refractivity contribution is -0.385. The Morgan fingerprint density at radius 3 is 2.61 bits per heavy atom. The van der Waals surface area contributed by atoms with Crippen LogP contribution in [0.15, 0.2) is 18.2 Å². The van der Waals surface area contributed by atoms with E-state index in [0.717, 1.165) is 12.1 Å². The van der Waals surface area contributed by atoms with Gasteiger partial charge < -0.3 is 9.64 Å². The number of nitrogens with zero attached hydrogens (tertiary/aromatic N) is 2. The summed E-state index contributed by atoms with van der Waals surface area (Å²) >= 11 is 5.79. The highest BCUT2D eigenvalue weighted by Gasteiger charge is 2.35. The predicted octanol–water partition coefficient (Wildman–Crippen LogP) is 2.08. The normalized spacial score (nSPS) is 18.1. The first-order chi connectivity index (χ1) is 13.0. The summed E-state index contributed by atoms with van der Waals surface area (Å²) in [5.74, 6) is -1.63. The molecule has 2 rings (SSSR count). The van der Waals surface area contributed by atoms with Crippen molar-refractivity contribution in [3.8, 4) is 0 Å². The Labute approximate surface area is 167 Å². The summed E-state index contributed by atoms with van der Waals surface area (Å²) in [6.07, 6.45) is 0.328. The summed E-state index contributed by atoms with van der Waals surface area (Å²) in [6, 6.07) is 2.98. The number of carbonyl (C=O) groups is 2. The number of rotatable bonds is 7. The van der Waals surface area contributed by atoms with E-state index in [1.807, 2.05) is 13.8 Å². The van der Waals surface area contributed by atoms with Gasteiger partial charge in [0.2, 0.25) is 0 Å². The maximum Gasteiger partial charge on any atom is 0.345 e. The lowest BCUT2D eigenvalue weighted by Crippen LogP contribution is -2.45. The molecular weight excluding hydrogens is 412 g/mol. The van der Waals surface area contributed by atoms with Crippen LogP contribution in [-0.2, 0) is 19.4 Å². The predicted molar refractivity (Wildman–Crippen MR) is 102 cm³/mol. The lowest BCUT2D eigenvalue weighted by Gasteiger charge is -2.29. The number of carbonyl (C=O) groups excluding carboxylic acids is 2. The zero-order chi connectivity index (χ0) is 21.1. The van der Waals surface area contributed by atoms with E-state index >= 15 is 0 Å². The van der Waals surface area contributed by atoms with Gasteiger partial charge in [-0.3, -0.25) is 14.9 Å². The van der Waals surface area contributed by atoms with Crippen LogP contribution in [0.25, 0.3) is 0 Å². The van der Waals surface area contributed by atoms with Gasteiger partial charge in [-0.1, -0.05) is 25.4 Å². The molecule has 28 heavy (non-hydrogen) atoms. The molecule has 1 aromatic carbocycles. The van der Waals surface area contributed by atoms with Gasteiger partial charge in [0, 0.05) is 23.7 Å². The molecule has 0 aliphatic carbocycles. The largest absolute Gasteiger partial charge is 0.452 e. The third-order valence-corrected chi connectivity index (χ3v) is 6.22. The molecule has 0 unspecified atom stereocenters. The molecule has 1 saturated heterocycles. The van der Waals surface area contributed by atoms with Gasteiger partial charge in [0.15, 0.2) is 16.4 Å². The van der Waals surface area contributed by atoms with Gasteiger partial charge in [0.25, 0.3) is 11.6 Å². The van der Waals surface area contributed by atoms with Crippen molar-refractivity contribution >= 4 is 39.0 Å². The molecule has 0 radical (unpaired) electrons. The van der Waals surface area contributed by atoms with Crippen LogP contribution in [0.2, 0.25) is 5.02 Å². The Morgan fingerprint density at radius 1 is 1.39 bits per heavy atom. The van der Waals surface area contributed by atoms with Crippen LogP contribution < -0.4 is 0 Å². The molecule has 154 valence electrons. The molecule has 1 fully saturated rings. The fraction of sp³-hybridized carbons (Fsp3) is 0.529. The molecule has 1 aliphatic heterocycles. The summed E-state index contributed by atoms with van der Waals surface area (Å²) in [5.41, 5.74) is -0.841. The Morgan fingerprint density at radius 2 is 2.07 bits per heavy atom. The van der Waals surface area contributed by atoms with Gasteiger partial charge in [-0.05, 0) is 24.5 Å². The van der Waals surface area contributed by atoms with Crippen LogP contribution in [0, 0.1) is 16.0 Å². The van der Waals surface area contributed by atoms with Crippen LogP contribution in [-0.4, -0.2) is 60.8 Å². The first-order valence-electron chi connectivity index (χ1n) is 8.61. The zero-order valence-electron chi connectivity index (χ0n) is 15.5. The molecule has 1 heterocycles. The van der Waals surface area contributed by atoms with Crippen LogP contribution in [0.3, 0.4) is 0 Å². The van der Waals surface area contributed by atoms with E-state index in [0.29, 0.717) is 13.0 Å². The Bertz CT molecular complexity index is 885. The summed E-state index contributed by atoms with van der Waals surface area (Å²) in [5, 5.41) is 11.2. The molecule has 1 amide bonds. The van der Waals surface area contributed by atoms with Crippen LogP contribution in [0.5, 0.6) is 0 Å². The second kappa shape index (κ2) is 8.87. The fourth-order valence-corrected chi connectivity index (χ4v) is 4.89. The highest BCUT2D eigenvalue weighted by Crippen LogP contribution is 2.24. The second-order valence-corrected chi connectivity index (χ2v) is 9.66. The molecule has 0 aromatic heterocycles. The first-order valence-corrected chi connectivity index (χ1v) is 10.8. The molecular formula is C17H21ClN2O7S. The van der Waals surface area contributed by atoms with Gasteiger partial charge in [0.05, 0.1) is 16.4 Å². The highest BCUT2D eigenvalue weighted by molar-refractivity contribution is 7.91. The lowest BCUT2D eigenvalue weighted by atomic mass is 10.1. The van der Waals surface area contributed by atoms with Crippen molar-refractivity contribution in [3.63, 3.8) is 0 Å². The number of hydrogen-bond acceptors (Lipinski definition) is 7. The summed E-state index contributed by atoms with van der Waals surface area (Å²) < 4.78 is 28.4. The van der Waals surface area contributed by atoms with Crippen molar-refractivity contribution in [3.05, 3.63) is 38.9 Å². The van der Waals surface area contributed by atoms with E-state index in [-0.39, 0.29) is 28.0 Å². The third kappa shape index (κ3) is 5.65. The molecule has 1 atom stereocenters. The monoisotopic (exact) mass is 432 g/mol. The molecule has 0 spiro atoms. The van der Waals surface area contributed by atoms with Crippen molar-refractivity contribution in [2.24, 2.45) is 5.92 Å². The maximum atomic E-state index is 12.6. The molecule has 9 nitrogen and oxygen atoms in total. The smallest absolute Gasteiger partial charge is 0.345 e. The van der Waals surface area contributed by atoms with E-state index in [1.165, 1.54) is 11.0 Å². The van der Waals surface area contributed by atoms with Crippen LogP contribution >= 0.6 is 11.6 Å². The number of nitro benzene ring substituents is 1.